The van der Waals surface area contributed by atoms with Crippen LogP contribution in [0.3, 0.4) is 0 Å². The summed E-state index contributed by atoms with van der Waals surface area (Å²) < 4.78 is 7.02. The van der Waals surface area contributed by atoms with Crippen LogP contribution >= 0.6 is 23.1 Å². The standard InChI is InChI=1S/C22H26N4O4S2/c1-2-3-10-23-21(29)24-17(27)13-31-22-25-19-18(15-8-4-5-9-16(15)32-19)20(28)26(22)12-14-7-6-11-30-14/h6-7,11H,2-5,8-10,12-13H2,1H3,(H2,23,24,27,29). The number of nitrogens with zero attached hydrogens (tertiary/aromatic N) is 2. The van der Waals surface area contributed by atoms with Gasteiger partial charge in [-0.3, -0.25) is 19.5 Å². The van der Waals surface area contributed by atoms with Gasteiger partial charge in [-0.1, -0.05) is 25.1 Å². The fourth-order valence-corrected chi connectivity index (χ4v) is 5.84. The molecule has 0 fully saturated rings. The largest absolute Gasteiger partial charge is 0.467 e. The maximum absolute atomic E-state index is 13.5. The summed E-state index contributed by atoms with van der Waals surface area (Å²) in [6, 6.07) is 3.07. The Morgan fingerprint density at radius 2 is 2.16 bits per heavy atom. The van der Waals surface area contributed by atoms with E-state index < -0.39 is 11.9 Å². The number of thioether (sulfide) groups is 1. The number of hydrogen-bond acceptors (Lipinski definition) is 7. The molecular formula is C22H26N4O4S2. The van der Waals surface area contributed by atoms with Crippen molar-refractivity contribution in [3.05, 3.63) is 45.0 Å². The Bertz CT molecular complexity index is 1170. The first-order valence-electron chi connectivity index (χ1n) is 10.8. The van der Waals surface area contributed by atoms with Crippen LogP contribution in [0, 0.1) is 0 Å². The Morgan fingerprint density at radius 3 is 2.94 bits per heavy atom. The lowest BCUT2D eigenvalue weighted by Crippen LogP contribution is -2.40. The third-order valence-corrected chi connectivity index (χ3v) is 7.50. The molecular weight excluding hydrogens is 448 g/mol. The molecule has 170 valence electrons. The smallest absolute Gasteiger partial charge is 0.321 e. The minimum absolute atomic E-state index is 0.0254. The fraction of sp³-hybridized carbons (Fsp3) is 0.455. The van der Waals surface area contributed by atoms with Crippen LogP contribution in [0.4, 0.5) is 4.79 Å². The van der Waals surface area contributed by atoms with E-state index >= 15 is 0 Å². The minimum atomic E-state index is -0.508. The highest BCUT2D eigenvalue weighted by molar-refractivity contribution is 7.99. The maximum Gasteiger partial charge on any atom is 0.321 e. The van der Waals surface area contributed by atoms with E-state index in [0.717, 1.165) is 60.7 Å². The van der Waals surface area contributed by atoms with Crippen molar-refractivity contribution in [2.45, 2.75) is 57.1 Å². The van der Waals surface area contributed by atoms with Crippen molar-refractivity contribution in [2.24, 2.45) is 0 Å². The van der Waals surface area contributed by atoms with E-state index in [1.54, 1.807) is 28.2 Å². The average molecular weight is 475 g/mol. The van der Waals surface area contributed by atoms with Crippen LogP contribution in [0.1, 0.15) is 48.8 Å². The molecule has 0 atom stereocenters. The maximum atomic E-state index is 13.5. The molecule has 1 aliphatic rings. The normalized spacial score (nSPS) is 13.2. The SMILES string of the molecule is CCCCNC(=O)NC(=O)CSc1nc2sc3c(c2c(=O)n1Cc1ccco1)CCCC3. The summed E-state index contributed by atoms with van der Waals surface area (Å²) in [6.45, 7) is 2.78. The van der Waals surface area contributed by atoms with Gasteiger partial charge in [0.25, 0.3) is 5.56 Å². The second-order valence-corrected chi connectivity index (χ2v) is 9.73. The van der Waals surface area contributed by atoms with Crippen molar-refractivity contribution in [1.82, 2.24) is 20.2 Å². The number of furan rings is 1. The molecule has 10 heteroatoms. The van der Waals surface area contributed by atoms with Gasteiger partial charge in [0, 0.05) is 11.4 Å². The van der Waals surface area contributed by atoms with Crippen LogP contribution in [0.25, 0.3) is 10.2 Å². The van der Waals surface area contributed by atoms with Gasteiger partial charge in [-0.15, -0.1) is 11.3 Å². The zero-order chi connectivity index (χ0) is 22.5. The number of aromatic nitrogens is 2. The van der Waals surface area contributed by atoms with Gasteiger partial charge in [0.15, 0.2) is 5.16 Å². The van der Waals surface area contributed by atoms with Gasteiger partial charge in [0.2, 0.25) is 5.91 Å². The first-order valence-corrected chi connectivity index (χ1v) is 12.6. The van der Waals surface area contributed by atoms with Crippen molar-refractivity contribution in [2.75, 3.05) is 12.3 Å². The quantitative estimate of drug-likeness (QED) is 0.293. The predicted octanol–water partition coefficient (Wildman–Crippen LogP) is 3.70. The predicted molar refractivity (Wildman–Crippen MR) is 126 cm³/mol. The van der Waals surface area contributed by atoms with Crippen LogP contribution in [-0.2, 0) is 24.2 Å². The van der Waals surface area contributed by atoms with Crippen LogP contribution in [0.5, 0.6) is 0 Å². The number of carbonyl (C=O) groups is 2. The zero-order valence-electron chi connectivity index (χ0n) is 17.9. The molecule has 3 heterocycles. The molecule has 2 N–H and O–H groups in total. The van der Waals surface area contributed by atoms with Gasteiger partial charge >= 0.3 is 6.03 Å². The molecule has 4 rings (SSSR count). The molecule has 1 aliphatic carbocycles. The average Bonchev–Trinajstić information content (AvgIpc) is 3.42. The highest BCUT2D eigenvalue weighted by Crippen LogP contribution is 2.34. The summed E-state index contributed by atoms with van der Waals surface area (Å²) in [5.74, 6) is 0.176. The van der Waals surface area contributed by atoms with E-state index in [0.29, 0.717) is 22.8 Å². The topological polar surface area (TPSA) is 106 Å². The van der Waals surface area contributed by atoms with Crippen LogP contribution in [0.2, 0.25) is 0 Å². The van der Waals surface area contributed by atoms with E-state index in [9.17, 15) is 14.4 Å². The van der Waals surface area contributed by atoms with Gasteiger partial charge in [-0.25, -0.2) is 9.78 Å². The number of urea groups is 1. The summed E-state index contributed by atoms with van der Waals surface area (Å²) >= 11 is 2.72. The summed E-state index contributed by atoms with van der Waals surface area (Å²) in [5, 5.41) is 6.12. The molecule has 0 bridgehead atoms. The van der Waals surface area contributed by atoms with E-state index in [4.69, 9.17) is 9.40 Å². The Morgan fingerprint density at radius 1 is 1.31 bits per heavy atom. The molecule has 0 unspecified atom stereocenters. The van der Waals surface area contributed by atoms with Gasteiger partial charge < -0.3 is 9.73 Å². The Kier molecular flexibility index (Phi) is 7.31. The van der Waals surface area contributed by atoms with E-state index in [2.05, 4.69) is 10.6 Å². The van der Waals surface area contributed by atoms with Gasteiger partial charge in [-0.2, -0.15) is 0 Å². The van der Waals surface area contributed by atoms with E-state index in [1.165, 1.54) is 4.88 Å². The molecule has 0 radical (unpaired) electrons. The first kappa shape index (κ1) is 22.6. The van der Waals surface area contributed by atoms with Crippen LogP contribution in [0.15, 0.2) is 32.8 Å². The van der Waals surface area contributed by atoms with Crippen LogP contribution < -0.4 is 16.2 Å². The lowest BCUT2D eigenvalue weighted by Gasteiger charge is -2.13. The Hall–Kier alpha value is -2.59. The second-order valence-electron chi connectivity index (χ2n) is 7.70. The number of aryl methyl sites for hydroxylation is 2. The Labute approximate surface area is 193 Å². The number of rotatable bonds is 8. The van der Waals surface area contributed by atoms with Crippen LogP contribution in [-0.4, -0.2) is 33.8 Å². The third kappa shape index (κ3) is 5.07. The lowest BCUT2D eigenvalue weighted by atomic mass is 9.97. The summed E-state index contributed by atoms with van der Waals surface area (Å²) in [5.41, 5.74) is 1.02. The molecule has 8 nitrogen and oxygen atoms in total. The third-order valence-electron chi connectivity index (χ3n) is 5.34. The summed E-state index contributed by atoms with van der Waals surface area (Å²) in [4.78, 5) is 44.3. The Balaban J connectivity index is 1.57. The summed E-state index contributed by atoms with van der Waals surface area (Å²) in [6.07, 6.45) is 7.45. The number of imide groups is 1. The van der Waals surface area contributed by atoms with Crippen molar-refractivity contribution in [1.29, 1.82) is 0 Å². The number of thiophene rings is 1. The monoisotopic (exact) mass is 474 g/mol. The van der Waals surface area contributed by atoms with Gasteiger partial charge in [0.05, 0.1) is 23.9 Å². The minimum Gasteiger partial charge on any atom is -0.467 e. The van der Waals surface area contributed by atoms with Gasteiger partial charge in [0.1, 0.15) is 10.6 Å². The second kappa shape index (κ2) is 10.4. The van der Waals surface area contributed by atoms with Gasteiger partial charge in [-0.05, 0) is 49.8 Å². The molecule has 3 amide bonds. The van der Waals surface area contributed by atoms with Crippen molar-refractivity contribution < 1.29 is 14.0 Å². The zero-order valence-corrected chi connectivity index (χ0v) is 19.6. The highest BCUT2D eigenvalue weighted by atomic mass is 32.2. The summed E-state index contributed by atoms with van der Waals surface area (Å²) in [7, 11) is 0. The number of fused-ring (bicyclic) bond motifs is 3. The molecule has 0 aromatic carbocycles. The molecule has 3 aromatic rings. The number of amides is 3. The van der Waals surface area contributed by atoms with Crippen molar-refractivity contribution in [3.8, 4) is 0 Å². The first-order chi connectivity index (χ1) is 15.6. The van der Waals surface area contributed by atoms with Crippen molar-refractivity contribution in [3.63, 3.8) is 0 Å². The number of hydrogen-bond donors (Lipinski definition) is 2. The molecule has 0 saturated carbocycles. The number of unbranched alkanes of at least 4 members (excludes halogenated alkanes) is 1. The fourth-order valence-electron chi connectivity index (χ4n) is 3.74. The molecule has 32 heavy (non-hydrogen) atoms. The molecule has 3 aromatic heterocycles. The lowest BCUT2D eigenvalue weighted by molar-refractivity contribution is -0.117. The van der Waals surface area contributed by atoms with Crippen molar-refractivity contribution >= 4 is 45.3 Å². The molecule has 0 aliphatic heterocycles. The molecule has 0 saturated heterocycles. The highest BCUT2D eigenvalue weighted by Gasteiger charge is 2.23. The van der Waals surface area contributed by atoms with E-state index in [-0.39, 0.29) is 17.9 Å². The van der Waals surface area contributed by atoms with E-state index in [1.807, 2.05) is 13.0 Å². The number of carbonyl (C=O) groups excluding carboxylic acids is 2. The molecule has 0 spiro atoms. The number of nitrogens with one attached hydrogen (secondary N) is 2.